The van der Waals surface area contributed by atoms with Crippen molar-refractivity contribution in [3.8, 4) is 5.75 Å². The monoisotopic (exact) mass is 407 g/mol. The number of carbonyl (C=O) groups is 1. The number of hydrogen-bond acceptors (Lipinski definition) is 7. The molecule has 29 heavy (non-hydrogen) atoms. The van der Waals surface area contributed by atoms with Gasteiger partial charge in [0.05, 0.1) is 32.1 Å². The van der Waals surface area contributed by atoms with Gasteiger partial charge in [-0.05, 0) is 69.9 Å². The van der Waals surface area contributed by atoms with Crippen molar-refractivity contribution in [2.75, 3.05) is 26.9 Å². The van der Waals surface area contributed by atoms with E-state index in [9.17, 15) is 4.79 Å². The average molecular weight is 408 g/mol. The van der Waals surface area contributed by atoms with Gasteiger partial charge in [-0.15, -0.1) is 0 Å². The summed E-state index contributed by atoms with van der Waals surface area (Å²) < 4.78 is 21.5. The van der Waals surface area contributed by atoms with Gasteiger partial charge in [-0.3, -0.25) is 0 Å². The lowest BCUT2D eigenvalue weighted by molar-refractivity contribution is -0.272. The molecule has 0 bridgehead atoms. The highest BCUT2D eigenvalue weighted by atomic mass is 16.7. The molecule has 1 aromatic rings. The summed E-state index contributed by atoms with van der Waals surface area (Å²) in [5, 5.41) is 4.19. The van der Waals surface area contributed by atoms with Crippen LogP contribution in [-0.2, 0) is 23.8 Å². The van der Waals surface area contributed by atoms with Gasteiger partial charge in [-0.1, -0.05) is 5.16 Å². The van der Waals surface area contributed by atoms with E-state index < -0.39 is 11.8 Å². The van der Waals surface area contributed by atoms with Crippen LogP contribution in [0.25, 0.3) is 0 Å². The fourth-order valence-electron chi connectivity index (χ4n) is 2.96. The molecule has 7 heteroatoms. The van der Waals surface area contributed by atoms with Crippen LogP contribution in [0.3, 0.4) is 0 Å². The van der Waals surface area contributed by atoms with Gasteiger partial charge in [0.2, 0.25) is 0 Å². The summed E-state index contributed by atoms with van der Waals surface area (Å²) in [6, 6.07) is 7.83. The van der Waals surface area contributed by atoms with Gasteiger partial charge >= 0.3 is 5.97 Å². The largest absolute Gasteiger partial charge is 0.491 e. The van der Waals surface area contributed by atoms with Crippen LogP contribution in [0.15, 0.2) is 29.4 Å². The second-order valence-corrected chi connectivity index (χ2v) is 7.62. The predicted octanol–water partition coefficient (Wildman–Crippen LogP) is 3.94. The standard InChI is InChI=1S/C22H33NO6/c1-16(2)29-20-11-9-19(10-12-20)17(3)23-28-13-7-6-8-18-14-26-22(4,27-15-18)21(24)25-5/h9-12,16,18H,6-8,13-15H2,1-5H3. The fraction of sp³-hybridized carbons (Fsp3) is 0.636. The smallest absolute Gasteiger partial charge is 0.366 e. The van der Waals surface area contributed by atoms with Gasteiger partial charge in [-0.2, -0.15) is 0 Å². The Kier molecular flexibility index (Phi) is 8.92. The number of methoxy groups -OCH3 is 1. The lowest BCUT2D eigenvalue weighted by Crippen LogP contribution is -2.48. The fourth-order valence-corrected chi connectivity index (χ4v) is 2.96. The van der Waals surface area contributed by atoms with Crippen molar-refractivity contribution in [1.82, 2.24) is 0 Å². The van der Waals surface area contributed by atoms with Crippen LogP contribution in [0, 0.1) is 5.92 Å². The molecule has 0 unspecified atom stereocenters. The van der Waals surface area contributed by atoms with E-state index in [0.717, 1.165) is 36.3 Å². The summed E-state index contributed by atoms with van der Waals surface area (Å²) in [4.78, 5) is 17.1. The maximum Gasteiger partial charge on any atom is 0.366 e. The molecule has 7 nitrogen and oxygen atoms in total. The van der Waals surface area contributed by atoms with Crippen LogP contribution in [0.2, 0.25) is 0 Å². The van der Waals surface area contributed by atoms with Crippen LogP contribution in [0.5, 0.6) is 5.75 Å². The van der Waals surface area contributed by atoms with Crippen LogP contribution < -0.4 is 4.74 Å². The molecule has 1 aromatic carbocycles. The molecular weight excluding hydrogens is 374 g/mol. The number of oxime groups is 1. The van der Waals surface area contributed by atoms with Crippen molar-refractivity contribution < 1.29 is 28.6 Å². The van der Waals surface area contributed by atoms with Crippen LogP contribution in [0.4, 0.5) is 0 Å². The minimum atomic E-state index is -1.28. The lowest BCUT2D eigenvalue weighted by atomic mass is 10.0. The van der Waals surface area contributed by atoms with E-state index in [1.165, 1.54) is 7.11 Å². The van der Waals surface area contributed by atoms with Crippen molar-refractivity contribution >= 4 is 11.7 Å². The second-order valence-electron chi connectivity index (χ2n) is 7.62. The lowest BCUT2D eigenvalue weighted by Gasteiger charge is -2.35. The number of esters is 1. The third-order valence-corrected chi connectivity index (χ3v) is 4.69. The van der Waals surface area contributed by atoms with Gasteiger partial charge in [0.1, 0.15) is 12.4 Å². The van der Waals surface area contributed by atoms with Gasteiger partial charge in [0.25, 0.3) is 5.79 Å². The topological polar surface area (TPSA) is 75.6 Å². The van der Waals surface area contributed by atoms with Gasteiger partial charge in [-0.25, -0.2) is 4.79 Å². The van der Waals surface area contributed by atoms with Gasteiger partial charge in [0.15, 0.2) is 0 Å². The number of rotatable bonds is 10. The average Bonchev–Trinajstić information content (AvgIpc) is 2.71. The molecule has 0 atom stereocenters. The summed E-state index contributed by atoms with van der Waals surface area (Å²) in [6.07, 6.45) is 2.97. The summed E-state index contributed by atoms with van der Waals surface area (Å²) >= 11 is 0. The molecule has 1 aliphatic rings. The molecule has 1 fully saturated rings. The SMILES string of the molecule is COC(=O)C1(C)OCC(CCCCON=C(C)c2ccc(OC(C)C)cc2)CO1. The van der Waals surface area contributed by atoms with Gasteiger partial charge < -0.3 is 23.8 Å². The molecule has 162 valence electrons. The van der Waals surface area contributed by atoms with Crippen LogP contribution in [-0.4, -0.2) is 50.5 Å². The predicted molar refractivity (Wildman–Crippen MR) is 110 cm³/mol. The maximum absolute atomic E-state index is 11.6. The molecule has 2 rings (SSSR count). The molecule has 0 aliphatic carbocycles. The zero-order valence-corrected chi connectivity index (χ0v) is 18.1. The van der Waals surface area contributed by atoms with E-state index >= 15 is 0 Å². The van der Waals surface area contributed by atoms with E-state index in [2.05, 4.69) is 5.16 Å². The number of nitrogens with zero attached hydrogens (tertiary/aromatic N) is 1. The first-order valence-electron chi connectivity index (χ1n) is 10.1. The van der Waals surface area contributed by atoms with E-state index in [4.69, 9.17) is 23.8 Å². The Labute approximate surface area is 173 Å². The molecule has 0 N–H and O–H groups in total. The zero-order chi connectivity index (χ0) is 21.3. The Morgan fingerprint density at radius 2 is 1.86 bits per heavy atom. The normalized spacial score (nSPS) is 22.4. The van der Waals surface area contributed by atoms with Crippen molar-refractivity contribution in [3.63, 3.8) is 0 Å². The first kappa shape index (κ1) is 23.2. The van der Waals surface area contributed by atoms with Crippen LogP contribution >= 0.6 is 0 Å². The Bertz CT molecular complexity index is 662. The highest BCUT2D eigenvalue weighted by molar-refractivity contribution is 5.98. The highest BCUT2D eigenvalue weighted by Gasteiger charge is 2.41. The highest BCUT2D eigenvalue weighted by Crippen LogP contribution is 2.25. The maximum atomic E-state index is 11.6. The first-order valence-corrected chi connectivity index (χ1v) is 10.1. The molecule has 1 aliphatic heterocycles. The number of ether oxygens (including phenoxy) is 4. The molecule has 1 saturated heterocycles. The first-order chi connectivity index (χ1) is 13.8. The summed E-state index contributed by atoms with van der Waals surface area (Å²) in [5.74, 6) is -0.663. The van der Waals surface area contributed by atoms with E-state index in [-0.39, 0.29) is 12.0 Å². The Hall–Kier alpha value is -2.12. The number of hydrogen-bond donors (Lipinski definition) is 0. The molecule has 0 amide bonds. The Balaban J connectivity index is 1.62. The van der Waals surface area contributed by atoms with Crippen molar-refractivity contribution in [1.29, 1.82) is 0 Å². The minimum absolute atomic E-state index is 0.156. The van der Waals surface area contributed by atoms with Crippen molar-refractivity contribution in [2.24, 2.45) is 11.1 Å². The minimum Gasteiger partial charge on any atom is -0.491 e. The molecule has 1 heterocycles. The third-order valence-electron chi connectivity index (χ3n) is 4.69. The second kappa shape index (κ2) is 11.2. The number of carbonyl (C=O) groups excluding carboxylic acids is 1. The van der Waals surface area contributed by atoms with Crippen LogP contribution in [0.1, 0.15) is 52.5 Å². The summed E-state index contributed by atoms with van der Waals surface area (Å²) in [6.45, 7) is 9.05. The van der Waals surface area contributed by atoms with E-state index in [1.54, 1.807) is 6.92 Å². The Morgan fingerprint density at radius 1 is 1.21 bits per heavy atom. The summed E-state index contributed by atoms with van der Waals surface area (Å²) in [7, 11) is 1.33. The molecular formula is C22H33NO6. The number of benzene rings is 1. The van der Waals surface area contributed by atoms with Gasteiger partial charge in [0, 0.05) is 12.8 Å². The quantitative estimate of drug-likeness (QED) is 0.253. The molecule has 0 aromatic heterocycles. The third kappa shape index (κ3) is 7.33. The van der Waals surface area contributed by atoms with Crippen molar-refractivity contribution in [2.45, 2.75) is 58.8 Å². The van der Waals surface area contributed by atoms with E-state index in [1.807, 2.05) is 45.0 Å². The molecule has 0 saturated carbocycles. The summed E-state index contributed by atoms with van der Waals surface area (Å²) in [5.41, 5.74) is 1.84. The van der Waals surface area contributed by atoms with Crippen molar-refractivity contribution in [3.05, 3.63) is 29.8 Å². The molecule has 0 spiro atoms. The van der Waals surface area contributed by atoms with E-state index in [0.29, 0.717) is 19.8 Å². The Morgan fingerprint density at radius 3 is 2.45 bits per heavy atom. The number of unbranched alkanes of at least 4 members (excludes halogenated alkanes) is 1. The zero-order valence-electron chi connectivity index (χ0n) is 18.1. The molecule has 0 radical (unpaired) electrons.